The number of nitrogens with one attached hydrogen (secondary N) is 2. The minimum absolute atomic E-state index is 0.129. The zero-order chi connectivity index (χ0) is 18.0. The summed E-state index contributed by atoms with van der Waals surface area (Å²) in [6.07, 6.45) is 1.21. The van der Waals surface area contributed by atoms with Crippen LogP contribution in [0.2, 0.25) is 0 Å². The Kier molecular flexibility index (Phi) is 4.64. The van der Waals surface area contributed by atoms with E-state index >= 15 is 0 Å². The number of pyridine rings is 1. The minimum Gasteiger partial charge on any atom is -0.338 e. The molecule has 0 saturated carbocycles. The highest BCUT2D eigenvalue weighted by Crippen LogP contribution is 2.24. The SMILES string of the molecule is O=S(=O)(Nc1ccc(Nc2ccc(F)c(F)c2F)nc1)c1cccs1. The Hall–Kier alpha value is -2.59. The van der Waals surface area contributed by atoms with Gasteiger partial charge >= 0.3 is 0 Å². The predicted molar refractivity (Wildman–Crippen MR) is 89.0 cm³/mol. The number of sulfonamides is 1. The second kappa shape index (κ2) is 6.73. The first kappa shape index (κ1) is 17.2. The van der Waals surface area contributed by atoms with Gasteiger partial charge in [-0.15, -0.1) is 11.3 Å². The molecule has 3 aromatic rings. The number of aromatic nitrogens is 1. The molecule has 0 radical (unpaired) electrons. The fourth-order valence-corrected chi connectivity index (χ4v) is 3.95. The van der Waals surface area contributed by atoms with Crippen molar-refractivity contribution in [1.29, 1.82) is 0 Å². The number of rotatable bonds is 5. The Bertz CT molecular complexity index is 992. The lowest BCUT2D eigenvalue weighted by Gasteiger charge is -2.09. The monoisotopic (exact) mass is 385 g/mol. The molecular weight excluding hydrogens is 375 g/mol. The predicted octanol–water partition coefficient (Wildman–Crippen LogP) is 4.10. The van der Waals surface area contributed by atoms with Gasteiger partial charge in [0.15, 0.2) is 17.5 Å². The Balaban J connectivity index is 1.76. The number of hydrogen-bond donors (Lipinski definition) is 2. The summed E-state index contributed by atoms with van der Waals surface area (Å²) in [6.45, 7) is 0. The van der Waals surface area contributed by atoms with Gasteiger partial charge < -0.3 is 5.32 Å². The van der Waals surface area contributed by atoms with E-state index in [2.05, 4.69) is 15.0 Å². The topological polar surface area (TPSA) is 71.1 Å². The van der Waals surface area contributed by atoms with Crippen molar-refractivity contribution in [2.45, 2.75) is 4.21 Å². The number of nitrogens with zero attached hydrogens (tertiary/aromatic N) is 1. The number of hydrogen-bond acceptors (Lipinski definition) is 5. The second-order valence-corrected chi connectivity index (χ2v) is 7.67. The second-order valence-electron chi connectivity index (χ2n) is 4.82. The molecule has 0 aliphatic heterocycles. The van der Waals surface area contributed by atoms with E-state index in [0.717, 1.165) is 23.5 Å². The van der Waals surface area contributed by atoms with Crippen LogP contribution < -0.4 is 10.0 Å². The molecule has 3 rings (SSSR count). The normalized spacial score (nSPS) is 11.3. The lowest BCUT2D eigenvalue weighted by Crippen LogP contribution is -2.11. The summed E-state index contributed by atoms with van der Waals surface area (Å²) >= 11 is 1.07. The number of anilines is 3. The summed E-state index contributed by atoms with van der Waals surface area (Å²) in [4.78, 5) is 3.92. The van der Waals surface area contributed by atoms with Gasteiger partial charge in [0.2, 0.25) is 0 Å². The molecule has 0 spiro atoms. The largest absolute Gasteiger partial charge is 0.338 e. The van der Waals surface area contributed by atoms with Crippen molar-refractivity contribution in [2.24, 2.45) is 0 Å². The Morgan fingerprint density at radius 1 is 1.00 bits per heavy atom. The third-order valence-electron chi connectivity index (χ3n) is 3.07. The smallest absolute Gasteiger partial charge is 0.271 e. The van der Waals surface area contributed by atoms with Crippen LogP contribution in [0.25, 0.3) is 0 Å². The van der Waals surface area contributed by atoms with Crippen molar-refractivity contribution < 1.29 is 21.6 Å². The first-order valence-electron chi connectivity index (χ1n) is 6.80. The van der Waals surface area contributed by atoms with E-state index in [-0.39, 0.29) is 21.4 Å². The molecule has 130 valence electrons. The molecule has 0 unspecified atom stereocenters. The van der Waals surface area contributed by atoms with Crippen molar-refractivity contribution in [3.8, 4) is 0 Å². The average Bonchev–Trinajstić information content (AvgIpc) is 3.12. The van der Waals surface area contributed by atoms with Crippen molar-refractivity contribution in [3.63, 3.8) is 0 Å². The van der Waals surface area contributed by atoms with Crippen LogP contribution in [0.5, 0.6) is 0 Å². The maximum atomic E-state index is 13.6. The number of thiophene rings is 1. The van der Waals surface area contributed by atoms with E-state index in [0.29, 0.717) is 0 Å². The average molecular weight is 385 g/mol. The van der Waals surface area contributed by atoms with Crippen molar-refractivity contribution >= 4 is 38.6 Å². The summed E-state index contributed by atoms with van der Waals surface area (Å²) < 4.78 is 66.4. The zero-order valence-electron chi connectivity index (χ0n) is 12.3. The zero-order valence-corrected chi connectivity index (χ0v) is 14.0. The maximum Gasteiger partial charge on any atom is 0.271 e. The number of halogens is 3. The quantitative estimate of drug-likeness (QED) is 0.649. The van der Waals surface area contributed by atoms with Crippen LogP contribution in [0.4, 0.5) is 30.4 Å². The van der Waals surface area contributed by atoms with Gasteiger partial charge in [-0.2, -0.15) is 0 Å². The summed E-state index contributed by atoms with van der Waals surface area (Å²) in [5.74, 6) is -4.13. The molecule has 0 aliphatic rings. The van der Waals surface area contributed by atoms with E-state index in [1.165, 1.54) is 24.4 Å². The van der Waals surface area contributed by atoms with Crippen LogP contribution in [-0.2, 0) is 10.0 Å². The van der Waals surface area contributed by atoms with Gasteiger partial charge in [-0.05, 0) is 35.7 Å². The van der Waals surface area contributed by atoms with Crippen LogP contribution in [0.1, 0.15) is 0 Å². The third kappa shape index (κ3) is 3.74. The molecule has 2 aromatic heterocycles. The van der Waals surface area contributed by atoms with Gasteiger partial charge in [-0.1, -0.05) is 6.07 Å². The Morgan fingerprint density at radius 2 is 1.80 bits per heavy atom. The Labute approximate surface area is 145 Å². The highest BCUT2D eigenvalue weighted by atomic mass is 32.2. The fourth-order valence-electron chi connectivity index (χ4n) is 1.91. The molecular formula is C15H10F3N3O2S2. The van der Waals surface area contributed by atoms with Gasteiger partial charge in [0, 0.05) is 0 Å². The highest BCUT2D eigenvalue weighted by molar-refractivity contribution is 7.94. The molecule has 2 N–H and O–H groups in total. The standard InChI is InChI=1S/C15H10F3N3O2S2/c16-10-4-5-11(15(18)14(10)17)20-12-6-3-9(8-19-12)21-25(22,23)13-2-1-7-24-13/h1-8,21H,(H,19,20). The summed E-state index contributed by atoms with van der Waals surface area (Å²) in [6, 6.07) is 7.65. The Morgan fingerprint density at radius 3 is 2.44 bits per heavy atom. The molecule has 1 aromatic carbocycles. The van der Waals surface area contributed by atoms with E-state index in [4.69, 9.17) is 0 Å². The van der Waals surface area contributed by atoms with Crippen LogP contribution in [0, 0.1) is 17.5 Å². The van der Waals surface area contributed by atoms with Gasteiger partial charge in [0.25, 0.3) is 10.0 Å². The fraction of sp³-hybridized carbons (Fsp3) is 0. The molecule has 0 aliphatic carbocycles. The summed E-state index contributed by atoms with van der Waals surface area (Å²) in [5.41, 5.74) is -0.0944. The van der Waals surface area contributed by atoms with Crippen LogP contribution in [-0.4, -0.2) is 13.4 Å². The maximum absolute atomic E-state index is 13.6. The number of benzene rings is 1. The van der Waals surface area contributed by atoms with E-state index in [1.54, 1.807) is 11.4 Å². The first-order chi connectivity index (χ1) is 11.9. The molecule has 25 heavy (non-hydrogen) atoms. The minimum atomic E-state index is -3.70. The molecule has 0 atom stereocenters. The van der Waals surface area contributed by atoms with Crippen molar-refractivity contribution in [2.75, 3.05) is 10.0 Å². The molecule has 5 nitrogen and oxygen atoms in total. The van der Waals surface area contributed by atoms with Crippen LogP contribution in [0.3, 0.4) is 0 Å². The molecule has 10 heteroatoms. The molecule has 0 bridgehead atoms. The third-order valence-corrected chi connectivity index (χ3v) is 5.85. The van der Waals surface area contributed by atoms with Gasteiger partial charge in [-0.25, -0.2) is 26.6 Å². The van der Waals surface area contributed by atoms with Gasteiger partial charge in [0.05, 0.1) is 17.6 Å². The van der Waals surface area contributed by atoms with E-state index in [9.17, 15) is 21.6 Å². The molecule has 0 saturated heterocycles. The molecule has 0 amide bonds. The lowest BCUT2D eigenvalue weighted by molar-refractivity contribution is 0.449. The van der Waals surface area contributed by atoms with Crippen LogP contribution >= 0.6 is 11.3 Å². The van der Waals surface area contributed by atoms with E-state index in [1.807, 2.05) is 0 Å². The van der Waals surface area contributed by atoms with Crippen LogP contribution in [0.15, 0.2) is 52.2 Å². The first-order valence-corrected chi connectivity index (χ1v) is 9.16. The lowest BCUT2D eigenvalue weighted by atomic mass is 10.2. The van der Waals surface area contributed by atoms with Gasteiger partial charge in [-0.3, -0.25) is 4.72 Å². The summed E-state index contributed by atoms with van der Waals surface area (Å²) in [5, 5.41) is 4.13. The summed E-state index contributed by atoms with van der Waals surface area (Å²) in [7, 11) is -3.70. The van der Waals surface area contributed by atoms with E-state index < -0.39 is 27.5 Å². The highest BCUT2D eigenvalue weighted by Gasteiger charge is 2.16. The van der Waals surface area contributed by atoms with Crippen molar-refractivity contribution in [3.05, 3.63) is 65.4 Å². The molecule has 0 fully saturated rings. The van der Waals surface area contributed by atoms with Crippen molar-refractivity contribution in [1.82, 2.24) is 4.98 Å². The molecule has 2 heterocycles. The van der Waals surface area contributed by atoms with Gasteiger partial charge in [0.1, 0.15) is 10.0 Å².